The van der Waals surface area contributed by atoms with Gasteiger partial charge in [-0.1, -0.05) is 44.5 Å². The number of anilines is 1. The molecule has 222 valence electrons. The Morgan fingerprint density at radius 3 is 2.54 bits per heavy atom. The fraction of sp³-hybridized carbons (Fsp3) is 0.533. The number of likely N-dealkylation sites (tertiary alicyclic amines) is 1. The summed E-state index contributed by atoms with van der Waals surface area (Å²) in [5.41, 5.74) is -1.56. The number of rotatable bonds is 6. The zero-order valence-corrected chi connectivity index (χ0v) is 24.5. The number of carbonyl (C=O) groups excluding carboxylic acids is 2. The molecule has 0 aliphatic carbocycles. The standard InChI is InChI=1S/C30H36ClF3N4O3/c1-29(2,3)16-23-30(18-14-20(32)21(33)15-22(18)36-28(30)40)24(17-6-5-7-19(31)25(17)34)26(37(23)4)27(39)35-8-9-38-10-12-41-13-11-38/h5-7,14-15,23-24,26H,8-13,16H2,1-4H3,(H,35,39)(H,36,40)/t23-,24+,26-,30+/m1/s1. The number of hydrogen-bond acceptors (Lipinski definition) is 5. The molecular weight excluding hydrogens is 557 g/mol. The Labute approximate surface area is 243 Å². The van der Waals surface area contributed by atoms with Crippen molar-refractivity contribution in [2.24, 2.45) is 5.41 Å². The first kappa shape index (κ1) is 29.8. The first-order valence-corrected chi connectivity index (χ1v) is 14.3. The van der Waals surface area contributed by atoms with Crippen LogP contribution in [0.3, 0.4) is 0 Å². The number of benzene rings is 2. The molecule has 0 bridgehead atoms. The molecule has 2 fully saturated rings. The highest BCUT2D eigenvalue weighted by atomic mass is 35.5. The molecule has 0 radical (unpaired) electrons. The number of halogens is 4. The van der Waals surface area contributed by atoms with Crippen molar-refractivity contribution in [3.05, 3.63) is 63.9 Å². The van der Waals surface area contributed by atoms with Crippen molar-refractivity contribution in [3.8, 4) is 0 Å². The van der Waals surface area contributed by atoms with E-state index >= 15 is 4.39 Å². The fourth-order valence-electron chi connectivity index (χ4n) is 6.85. The number of morpholine rings is 1. The van der Waals surface area contributed by atoms with Gasteiger partial charge in [-0.3, -0.25) is 19.4 Å². The van der Waals surface area contributed by atoms with Crippen LogP contribution in [-0.2, 0) is 19.7 Å². The Bertz CT molecular complexity index is 1350. The molecule has 0 saturated carbocycles. The molecule has 41 heavy (non-hydrogen) atoms. The molecule has 2 aromatic carbocycles. The minimum Gasteiger partial charge on any atom is -0.379 e. The Hall–Kier alpha value is -2.66. The number of nitrogens with zero attached hydrogens (tertiary/aromatic N) is 2. The van der Waals surface area contributed by atoms with Crippen molar-refractivity contribution < 1.29 is 27.5 Å². The molecule has 3 aliphatic rings. The zero-order chi connectivity index (χ0) is 29.7. The maximum Gasteiger partial charge on any atom is 0.238 e. The minimum absolute atomic E-state index is 0.0711. The van der Waals surface area contributed by atoms with Crippen molar-refractivity contribution in [2.75, 3.05) is 51.8 Å². The van der Waals surface area contributed by atoms with E-state index in [9.17, 15) is 18.4 Å². The number of hydrogen-bond donors (Lipinski definition) is 2. The molecule has 2 aromatic rings. The predicted octanol–water partition coefficient (Wildman–Crippen LogP) is 4.30. The second-order valence-electron chi connectivity index (χ2n) is 12.4. The molecule has 5 rings (SSSR count). The Morgan fingerprint density at radius 1 is 1.17 bits per heavy atom. The van der Waals surface area contributed by atoms with Crippen LogP contribution >= 0.6 is 11.6 Å². The van der Waals surface area contributed by atoms with Gasteiger partial charge in [0, 0.05) is 49.9 Å². The molecule has 3 heterocycles. The molecule has 1 spiro atoms. The smallest absolute Gasteiger partial charge is 0.238 e. The lowest BCUT2D eigenvalue weighted by molar-refractivity contribution is -0.126. The number of fused-ring (bicyclic) bond motifs is 2. The number of amides is 2. The van der Waals surface area contributed by atoms with E-state index in [-0.39, 0.29) is 33.2 Å². The van der Waals surface area contributed by atoms with E-state index in [1.54, 1.807) is 18.0 Å². The first-order valence-electron chi connectivity index (χ1n) is 13.9. The van der Waals surface area contributed by atoms with Gasteiger partial charge in [-0.2, -0.15) is 0 Å². The Kier molecular flexibility index (Phi) is 8.15. The summed E-state index contributed by atoms with van der Waals surface area (Å²) in [5, 5.41) is 5.58. The second-order valence-corrected chi connectivity index (χ2v) is 12.8. The van der Waals surface area contributed by atoms with Crippen LogP contribution in [0.5, 0.6) is 0 Å². The number of likely N-dealkylation sites (N-methyl/N-ethyl adjacent to an activating group) is 1. The second kappa shape index (κ2) is 11.2. The van der Waals surface area contributed by atoms with E-state index in [4.69, 9.17) is 16.3 Å². The lowest BCUT2D eigenvalue weighted by Crippen LogP contribution is -2.50. The van der Waals surface area contributed by atoms with E-state index in [1.165, 1.54) is 12.1 Å². The topological polar surface area (TPSA) is 73.9 Å². The van der Waals surface area contributed by atoms with Gasteiger partial charge in [0.05, 0.1) is 24.3 Å². The summed E-state index contributed by atoms with van der Waals surface area (Å²) in [6, 6.07) is 4.77. The molecule has 2 N–H and O–H groups in total. The Balaban J connectivity index is 1.65. The SMILES string of the molecule is CN1[C@@H](C(=O)NCCN2CCOCC2)[C@H](c2cccc(Cl)c2F)[C@@]2(C(=O)Nc3cc(F)c(F)cc32)[C@H]1CC(C)(C)C. The number of ether oxygens (including phenoxy) is 1. The third kappa shape index (κ3) is 5.24. The molecule has 11 heteroatoms. The van der Waals surface area contributed by atoms with Gasteiger partial charge in [0.15, 0.2) is 11.6 Å². The van der Waals surface area contributed by atoms with E-state index in [0.29, 0.717) is 32.7 Å². The quantitative estimate of drug-likeness (QED) is 0.523. The lowest BCUT2D eigenvalue weighted by Gasteiger charge is -2.39. The van der Waals surface area contributed by atoms with Crippen LogP contribution in [0.1, 0.15) is 44.2 Å². The van der Waals surface area contributed by atoms with Crippen molar-refractivity contribution in [2.45, 2.75) is 50.6 Å². The van der Waals surface area contributed by atoms with E-state index in [1.807, 2.05) is 20.8 Å². The van der Waals surface area contributed by atoms with Crippen LogP contribution in [0.4, 0.5) is 18.9 Å². The minimum atomic E-state index is -1.61. The average Bonchev–Trinajstić information content (AvgIpc) is 3.32. The van der Waals surface area contributed by atoms with Crippen LogP contribution in [0.2, 0.25) is 5.02 Å². The van der Waals surface area contributed by atoms with Crippen molar-refractivity contribution in [1.82, 2.24) is 15.1 Å². The van der Waals surface area contributed by atoms with Gasteiger partial charge in [-0.05, 0) is 42.1 Å². The Morgan fingerprint density at radius 2 is 1.85 bits per heavy atom. The third-order valence-electron chi connectivity index (χ3n) is 8.61. The monoisotopic (exact) mass is 592 g/mol. The van der Waals surface area contributed by atoms with Crippen LogP contribution in [-0.4, -0.2) is 80.1 Å². The van der Waals surface area contributed by atoms with Gasteiger partial charge in [0.1, 0.15) is 11.2 Å². The molecule has 0 aromatic heterocycles. The van der Waals surface area contributed by atoms with Crippen LogP contribution in [0.15, 0.2) is 30.3 Å². The summed E-state index contributed by atoms with van der Waals surface area (Å²) in [7, 11) is 1.73. The van der Waals surface area contributed by atoms with Gasteiger partial charge >= 0.3 is 0 Å². The summed E-state index contributed by atoms with van der Waals surface area (Å²) < 4.78 is 50.5. The molecule has 0 unspecified atom stereocenters. The number of nitrogens with one attached hydrogen (secondary N) is 2. The van der Waals surface area contributed by atoms with Crippen LogP contribution in [0.25, 0.3) is 0 Å². The summed E-state index contributed by atoms with van der Waals surface area (Å²) in [6.07, 6.45) is 0.408. The molecule has 2 saturated heterocycles. The lowest BCUT2D eigenvalue weighted by atomic mass is 9.62. The van der Waals surface area contributed by atoms with Gasteiger partial charge < -0.3 is 15.4 Å². The summed E-state index contributed by atoms with van der Waals surface area (Å²) in [4.78, 5) is 32.2. The van der Waals surface area contributed by atoms with Crippen LogP contribution in [0, 0.1) is 22.9 Å². The average molecular weight is 593 g/mol. The zero-order valence-electron chi connectivity index (χ0n) is 23.7. The predicted molar refractivity (Wildman–Crippen MR) is 150 cm³/mol. The molecule has 2 amide bonds. The van der Waals surface area contributed by atoms with Gasteiger partial charge in [-0.15, -0.1) is 0 Å². The fourth-order valence-corrected chi connectivity index (χ4v) is 7.03. The van der Waals surface area contributed by atoms with Gasteiger partial charge in [0.25, 0.3) is 0 Å². The summed E-state index contributed by atoms with van der Waals surface area (Å²) >= 11 is 6.23. The van der Waals surface area contributed by atoms with Crippen LogP contribution < -0.4 is 10.6 Å². The highest BCUT2D eigenvalue weighted by Crippen LogP contribution is 2.60. The first-order chi connectivity index (χ1) is 19.4. The summed E-state index contributed by atoms with van der Waals surface area (Å²) in [6.45, 7) is 9.70. The maximum atomic E-state index is 15.9. The van der Waals surface area contributed by atoms with Crippen molar-refractivity contribution in [1.29, 1.82) is 0 Å². The van der Waals surface area contributed by atoms with Crippen molar-refractivity contribution >= 4 is 29.1 Å². The molecule has 3 aliphatic heterocycles. The van der Waals surface area contributed by atoms with E-state index in [2.05, 4.69) is 15.5 Å². The maximum absolute atomic E-state index is 15.9. The number of carbonyl (C=O) groups is 2. The third-order valence-corrected chi connectivity index (χ3v) is 8.91. The molecular formula is C30H36ClF3N4O3. The molecule has 4 atom stereocenters. The highest BCUT2D eigenvalue weighted by molar-refractivity contribution is 6.30. The molecule has 7 nitrogen and oxygen atoms in total. The largest absolute Gasteiger partial charge is 0.379 e. The van der Waals surface area contributed by atoms with Gasteiger partial charge in [0.2, 0.25) is 11.8 Å². The van der Waals surface area contributed by atoms with E-state index < -0.39 is 46.8 Å². The van der Waals surface area contributed by atoms with E-state index in [0.717, 1.165) is 25.2 Å². The van der Waals surface area contributed by atoms with Crippen molar-refractivity contribution in [3.63, 3.8) is 0 Å². The highest BCUT2D eigenvalue weighted by Gasteiger charge is 2.68. The normalized spacial score (nSPS) is 26.8. The van der Waals surface area contributed by atoms with Gasteiger partial charge in [-0.25, -0.2) is 13.2 Å². The summed E-state index contributed by atoms with van der Waals surface area (Å²) in [5.74, 6) is -4.99.